The summed E-state index contributed by atoms with van der Waals surface area (Å²) in [6.45, 7) is 1.41. The smallest absolute Gasteiger partial charge is 0.274 e. The molecule has 0 bridgehead atoms. The predicted octanol–water partition coefficient (Wildman–Crippen LogP) is 3.63. The minimum Gasteiger partial charge on any atom is -0.339 e. The van der Waals surface area contributed by atoms with Crippen LogP contribution in [0.3, 0.4) is 0 Å². The maximum atomic E-state index is 13.2. The topological polar surface area (TPSA) is 62.3 Å². The summed E-state index contributed by atoms with van der Waals surface area (Å²) in [7, 11) is 0. The van der Waals surface area contributed by atoms with E-state index in [-0.39, 0.29) is 17.3 Å². The van der Waals surface area contributed by atoms with Gasteiger partial charge in [-0.25, -0.2) is 8.78 Å². The fourth-order valence-corrected chi connectivity index (χ4v) is 2.91. The van der Waals surface area contributed by atoms with Gasteiger partial charge in [0.15, 0.2) is 11.6 Å². The number of nitrogens with one attached hydrogen (secondary N) is 1. The molecule has 0 atom stereocenters. The molecule has 2 heterocycles. The number of halogens is 2. The van der Waals surface area contributed by atoms with E-state index in [1.54, 1.807) is 11.0 Å². The lowest BCUT2D eigenvalue weighted by Crippen LogP contribution is -2.32. The molecule has 0 spiro atoms. The average molecular weight is 359 g/mol. The van der Waals surface area contributed by atoms with Gasteiger partial charge < -0.3 is 10.2 Å². The Morgan fingerprint density at radius 3 is 2.38 bits per heavy atom. The number of carbonyl (C=O) groups excluding carboxylic acids is 2. The summed E-state index contributed by atoms with van der Waals surface area (Å²) < 4.78 is 26.2. The number of aromatic nitrogens is 1. The second kappa shape index (κ2) is 8.03. The maximum Gasteiger partial charge on any atom is 0.274 e. The summed E-state index contributed by atoms with van der Waals surface area (Å²) in [5.41, 5.74) is 0.535. The molecule has 2 amide bonds. The van der Waals surface area contributed by atoms with Gasteiger partial charge in [0.2, 0.25) is 0 Å². The van der Waals surface area contributed by atoms with E-state index in [1.807, 2.05) is 0 Å². The van der Waals surface area contributed by atoms with Crippen LogP contribution in [0, 0.1) is 11.6 Å². The van der Waals surface area contributed by atoms with E-state index in [0.717, 1.165) is 37.8 Å². The number of benzene rings is 1. The summed E-state index contributed by atoms with van der Waals surface area (Å²) in [6.07, 6.45) is 5.57. The highest BCUT2D eigenvalue weighted by atomic mass is 19.2. The number of hydrogen-bond acceptors (Lipinski definition) is 3. The van der Waals surface area contributed by atoms with Crippen LogP contribution in [0.5, 0.6) is 0 Å². The van der Waals surface area contributed by atoms with Crippen molar-refractivity contribution in [3.05, 3.63) is 59.4 Å². The Kier molecular flexibility index (Phi) is 5.55. The van der Waals surface area contributed by atoms with Crippen molar-refractivity contribution < 1.29 is 18.4 Å². The van der Waals surface area contributed by atoms with Crippen LogP contribution >= 0.6 is 0 Å². The Labute approximate surface area is 150 Å². The molecule has 2 aromatic rings. The fraction of sp³-hybridized carbons (Fsp3) is 0.316. The van der Waals surface area contributed by atoms with Crippen LogP contribution in [-0.4, -0.2) is 34.8 Å². The van der Waals surface area contributed by atoms with Gasteiger partial charge in [-0.15, -0.1) is 0 Å². The van der Waals surface area contributed by atoms with Gasteiger partial charge in [0.25, 0.3) is 11.8 Å². The molecule has 0 radical (unpaired) electrons. The molecule has 1 aromatic heterocycles. The van der Waals surface area contributed by atoms with E-state index in [4.69, 9.17) is 0 Å². The van der Waals surface area contributed by atoms with Crippen molar-refractivity contribution >= 4 is 17.5 Å². The molecular weight excluding hydrogens is 340 g/mol. The number of rotatable bonds is 3. The van der Waals surface area contributed by atoms with Crippen LogP contribution < -0.4 is 5.32 Å². The summed E-state index contributed by atoms with van der Waals surface area (Å²) >= 11 is 0. The molecule has 5 nitrogen and oxygen atoms in total. The Morgan fingerprint density at radius 2 is 1.69 bits per heavy atom. The summed E-state index contributed by atoms with van der Waals surface area (Å²) in [5, 5.41) is 2.45. The zero-order valence-electron chi connectivity index (χ0n) is 14.2. The number of carbonyl (C=O) groups is 2. The van der Waals surface area contributed by atoms with Crippen molar-refractivity contribution in [3.8, 4) is 0 Å². The van der Waals surface area contributed by atoms with Gasteiger partial charge in [-0.2, -0.15) is 0 Å². The Morgan fingerprint density at radius 1 is 0.962 bits per heavy atom. The molecule has 0 aliphatic carbocycles. The highest BCUT2D eigenvalue weighted by Crippen LogP contribution is 2.16. The van der Waals surface area contributed by atoms with Crippen molar-refractivity contribution in [1.82, 2.24) is 9.88 Å². The van der Waals surface area contributed by atoms with Crippen LogP contribution in [0.1, 0.15) is 46.5 Å². The summed E-state index contributed by atoms with van der Waals surface area (Å²) in [4.78, 5) is 30.7. The van der Waals surface area contributed by atoms with Crippen LogP contribution in [0.2, 0.25) is 0 Å². The van der Waals surface area contributed by atoms with Crippen LogP contribution in [0.4, 0.5) is 14.5 Å². The minimum absolute atomic E-state index is 0.0374. The first-order chi connectivity index (χ1) is 12.5. The zero-order valence-corrected chi connectivity index (χ0v) is 14.2. The van der Waals surface area contributed by atoms with E-state index in [0.29, 0.717) is 18.7 Å². The lowest BCUT2D eigenvalue weighted by molar-refractivity contribution is 0.0761. The molecule has 0 saturated carbocycles. The highest BCUT2D eigenvalue weighted by Gasteiger charge is 2.19. The van der Waals surface area contributed by atoms with Gasteiger partial charge in [-0.3, -0.25) is 14.6 Å². The lowest BCUT2D eigenvalue weighted by Gasteiger charge is -2.20. The van der Waals surface area contributed by atoms with Gasteiger partial charge in [0, 0.05) is 36.6 Å². The van der Waals surface area contributed by atoms with Crippen LogP contribution in [-0.2, 0) is 0 Å². The van der Waals surface area contributed by atoms with Crippen molar-refractivity contribution in [2.75, 3.05) is 18.4 Å². The molecule has 7 heteroatoms. The van der Waals surface area contributed by atoms with Gasteiger partial charge in [-0.05, 0) is 37.1 Å². The molecule has 136 valence electrons. The third-order valence-electron chi connectivity index (χ3n) is 4.31. The van der Waals surface area contributed by atoms with Gasteiger partial charge in [-0.1, -0.05) is 12.8 Å². The number of amides is 2. The first kappa shape index (κ1) is 18.0. The molecule has 1 aromatic carbocycles. The van der Waals surface area contributed by atoms with Crippen molar-refractivity contribution in [2.24, 2.45) is 0 Å². The molecule has 26 heavy (non-hydrogen) atoms. The van der Waals surface area contributed by atoms with Gasteiger partial charge in [0.1, 0.15) is 5.69 Å². The number of pyridine rings is 1. The Balaban J connectivity index is 1.74. The van der Waals surface area contributed by atoms with Crippen LogP contribution in [0.15, 0.2) is 36.5 Å². The Hall–Kier alpha value is -2.83. The van der Waals surface area contributed by atoms with Gasteiger partial charge in [0.05, 0.1) is 0 Å². The number of anilines is 1. The largest absolute Gasteiger partial charge is 0.339 e. The molecular formula is C19H19F2N3O2. The second-order valence-corrected chi connectivity index (χ2v) is 6.22. The third kappa shape index (κ3) is 4.22. The zero-order chi connectivity index (χ0) is 18.5. The van der Waals surface area contributed by atoms with Crippen molar-refractivity contribution in [3.63, 3.8) is 0 Å². The molecule has 1 fully saturated rings. The summed E-state index contributed by atoms with van der Waals surface area (Å²) in [6, 6.07) is 6.06. The molecule has 0 unspecified atom stereocenters. The Bertz CT molecular complexity index is 818. The van der Waals surface area contributed by atoms with Crippen molar-refractivity contribution in [2.45, 2.75) is 25.7 Å². The molecule has 1 aliphatic rings. The third-order valence-corrected chi connectivity index (χ3v) is 4.31. The van der Waals surface area contributed by atoms with Crippen molar-refractivity contribution in [1.29, 1.82) is 0 Å². The summed E-state index contributed by atoms with van der Waals surface area (Å²) in [5.74, 6) is -2.77. The maximum absolute atomic E-state index is 13.2. The fourth-order valence-electron chi connectivity index (χ4n) is 2.91. The van der Waals surface area contributed by atoms with E-state index >= 15 is 0 Å². The molecule has 1 N–H and O–H groups in total. The van der Waals surface area contributed by atoms with E-state index in [9.17, 15) is 18.4 Å². The van der Waals surface area contributed by atoms with E-state index in [2.05, 4.69) is 10.3 Å². The predicted molar refractivity (Wildman–Crippen MR) is 92.9 cm³/mol. The SMILES string of the molecule is O=C(Nc1ccc(F)c(F)c1)c1cc(C(=O)N2CCCCCC2)ccn1. The standard InChI is InChI=1S/C19H19F2N3O2/c20-15-6-5-14(12-16(15)21)23-18(25)17-11-13(7-8-22-17)19(26)24-9-3-1-2-4-10-24/h5-8,11-12H,1-4,9-10H2,(H,23,25). The van der Waals surface area contributed by atoms with E-state index < -0.39 is 17.5 Å². The average Bonchev–Trinajstić information content (AvgIpc) is 2.93. The first-order valence-electron chi connectivity index (χ1n) is 8.56. The molecule has 3 rings (SSSR count). The minimum atomic E-state index is -1.05. The normalized spacial score (nSPS) is 14.6. The second-order valence-electron chi connectivity index (χ2n) is 6.22. The van der Waals surface area contributed by atoms with Gasteiger partial charge >= 0.3 is 0 Å². The number of hydrogen-bond donors (Lipinski definition) is 1. The van der Waals surface area contributed by atoms with Crippen LogP contribution in [0.25, 0.3) is 0 Å². The first-order valence-corrected chi connectivity index (χ1v) is 8.56. The molecule has 1 saturated heterocycles. The number of likely N-dealkylation sites (tertiary alicyclic amines) is 1. The lowest BCUT2D eigenvalue weighted by atomic mass is 10.2. The monoisotopic (exact) mass is 359 g/mol. The quantitative estimate of drug-likeness (QED) is 0.910. The molecule has 1 aliphatic heterocycles. The highest BCUT2D eigenvalue weighted by molar-refractivity contribution is 6.04. The van der Waals surface area contributed by atoms with E-state index in [1.165, 1.54) is 18.3 Å². The number of nitrogens with zero attached hydrogens (tertiary/aromatic N) is 2.